The van der Waals surface area contributed by atoms with Gasteiger partial charge in [-0.25, -0.2) is 0 Å². The van der Waals surface area contributed by atoms with Crippen LogP contribution in [-0.2, 0) is 10.2 Å². The zero-order valence-corrected chi connectivity index (χ0v) is 13.2. The number of hydrogen-bond acceptors (Lipinski definition) is 2. The quantitative estimate of drug-likeness (QED) is 0.745. The lowest BCUT2D eigenvalue weighted by atomic mass is 9.96. The number of benzene rings is 1. The highest BCUT2D eigenvalue weighted by atomic mass is 16.2. The van der Waals surface area contributed by atoms with E-state index in [2.05, 4.69) is 48.0 Å². The fraction of sp³-hybridized carbons (Fsp3) is 0.500. The van der Waals surface area contributed by atoms with E-state index >= 15 is 0 Å². The Morgan fingerprint density at radius 1 is 1.29 bits per heavy atom. The standard InChI is InChI=1S/C18H26N2O/c1-4-20(12-15(2)3)13-17(21)19-14-18(10-11-18)16-8-6-5-7-9-16/h5-9H,2,4,10-14H2,1,3H3,(H,19,21). The lowest BCUT2D eigenvalue weighted by molar-refractivity contribution is -0.122. The van der Waals surface area contributed by atoms with Crippen LogP contribution < -0.4 is 5.32 Å². The maximum absolute atomic E-state index is 12.1. The van der Waals surface area contributed by atoms with Gasteiger partial charge in [0.05, 0.1) is 6.54 Å². The van der Waals surface area contributed by atoms with E-state index in [1.54, 1.807) is 0 Å². The van der Waals surface area contributed by atoms with Gasteiger partial charge in [0.2, 0.25) is 5.91 Å². The van der Waals surface area contributed by atoms with Crippen molar-refractivity contribution in [3.8, 4) is 0 Å². The van der Waals surface area contributed by atoms with Crippen molar-refractivity contribution in [1.29, 1.82) is 0 Å². The average molecular weight is 286 g/mol. The van der Waals surface area contributed by atoms with Crippen molar-refractivity contribution in [3.05, 3.63) is 48.0 Å². The van der Waals surface area contributed by atoms with Gasteiger partial charge >= 0.3 is 0 Å². The molecule has 0 atom stereocenters. The summed E-state index contributed by atoms with van der Waals surface area (Å²) in [6.07, 6.45) is 2.33. The summed E-state index contributed by atoms with van der Waals surface area (Å²) >= 11 is 0. The first-order chi connectivity index (χ1) is 10.1. The minimum atomic E-state index is 0.111. The highest BCUT2D eigenvalue weighted by molar-refractivity contribution is 5.78. The molecule has 1 N–H and O–H groups in total. The molecule has 114 valence electrons. The molecule has 1 aromatic carbocycles. The Morgan fingerprint density at radius 2 is 1.95 bits per heavy atom. The number of amides is 1. The summed E-state index contributed by atoms with van der Waals surface area (Å²) in [5.74, 6) is 0.111. The van der Waals surface area contributed by atoms with Gasteiger partial charge in [0, 0.05) is 18.5 Å². The fourth-order valence-electron chi connectivity index (χ4n) is 2.70. The average Bonchev–Trinajstić information content (AvgIpc) is 3.26. The fourth-order valence-corrected chi connectivity index (χ4v) is 2.70. The monoisotopic (exact) mass is 286 g/mol. The molecule has 0 saturated heterocycles. The molecule has 1 aliphatic carbocycles. The normalized spacial score (nSPS) is 15.8. The van der Waals surface area contributed by atoms with Gasteiger partial charge in [-0.3, -0.25) is 9.69 Å². The molecule has 1 aromatic rings. The molecule has 0 aromatic heterocycles. The Bertz CT molecular complexity index is 491. The number of hydrogen-bond donors (Lipinski definition) is 1. The molecule has 3 heteroatoms. The summed E-state index contributed by atoms with van der Waals surface area (Å²) < 4.78 is 0. The first-order valence-electron chi connectivity index (χ1n) is 7.75. The van der Waals surface area contributed by atoms with Crippen LogP contribution >= 0.6 is 0 Å². The predicted molar refractivity (Wildman–Crippen MR) is 87.3 cm³/mol. The van der Waals surface area contributed by atoms with Gasteiger partial charge in [-0.05, 0) is 31.9 Å². The van der Waals surface area contributed by atoms with E-state index in [0.29, 0.717) is 6.54 Å². The number of nitrogens with zero attached hydrogens (tertiary/aromatic N) is 1. The number of rotatable bonds is 8. The van der Waals surface area contributed by atoms with Gasteiger partial charge in [-0.2, -0.15) is 0 Å². The van der Waals surface area contributed by atoms with Gasteiger partial charge in [0.15, 0.2) is 0 Å². The van der Waals surface area contributed by atoms with E-state index in [0.717, 1.165) is 25.2 Å². The smallest absolute Gasteiger partial charge is 0.234 e. The van der Waals surface area contributed by atoms with Crippen molar-refractivity contribution < 1.29 is 4.79 Å². The largest absolute Gasteiger partial charge is 0.354 e. The highest BCUT2D eigenvalue weighted by Gasteiger charge is 2.44. The zero-order chi connectivity index (χ0) is 15.3. The molecule has 21 heavy (non-hydrogen) atoms. The number of carbonyl (C=O) groups is 1. The number of nitrogens with one attached hydrogen (secondary N) is 1. The van der Waals surface area contributed by atoms with Crippen molar-refractivity contribution in [3.63, 3.8) is 0 Å². The summed E-state index contributed by atoms with van der Waals surface area (Å²) in [4.78, 5) is 14.2. The molecule has 0 spiro atoms. The van der Waals surface area contributed by atoms with Crippen LogP contribution in [0.15, 0.2) is 42.5 Å². The summed E-state index contributed by atoms with van der Waals surface area (Å²) in [5, 5.41) is 3.11. The molecule has 1 aliphatic rings. The summed E-state index contributed by atoms with van der Waals surface area (Å²) in [7, 11) is 0. The van der Waals surface area contributed by atoms with E-state index in [1.165, 1.54) is 18.4 Å². The maximum atomic E-state index is 12.1. The molecule has 0 aliphatic heterocycles. The van der Waals surface area contributed by atoms with Gasteiger partial charge in [0.1, 0.15) is 0 Å². The van der Waals surface area contributed by atoms with Gasteiger partial charge in [-0.1, -0.05) is 49.4 Å². The molecule has 0 heterocycles. The molecule has 0 radical (unpaired) electrons. The topological polar surface area (TPSA) is 32.3 Å². The van der Waals surface area contributed by atoms with Gasteiger partial charge < -0.3 is 5.32 Å². The van der Waals surface area contributed by atoms with Crippen LogP contribution in [0.5, 0.6) is 0 Å². The molecule has 3 nitrogen and oxygen atoms in total. The Balaban J connectivity index is 1.83. The lowest BCUT2D eigenvalue weighted by Crippen LogP contribution is -2.40. The minimum Gasteiger partial charge on any atom is -0.354 e. The second-order valence-corrected chi connectivity index (χ2v) is 6.18. The van der Waals surface area contributed by atoms with E-state index < -0.39 is 0 Å². The molecule has 1 fully saturated rings. The van der Waals surface area contributed by atoms with Gasteiger partial charge in [0.25, 0.3) is 0 Å². The molecule has 2 rings (SSSR count). The Morgan fingerprint density at radius 3 is 2.48 bits per heavy atom. The van der Waals surface area contributed by atoms with Crippen LogP contribution in [0, 0.1) is 0 Å². The maximum Gasteiger partial charge on any atom is 0.234 e. The highest BCUT2D eigenvalue weighted by Crippen LogP contribution is 2.47. The number of carbonyl (C=O) groups excluding carboxylic acids is 1. The first kappa shape index (κ1) is 15.8. The SMILES string of the molecule is C=C(C)CN(CC)CC(=O)NCC1(c2ccccc2)CC1. The third-order valence-electron chi connectivity index (χ3n) is 4.17. The second kappa shape index (κ2) is 6.90. The van der Waals surface area contributed by atoms with Crippen molar-refractivity contribution in [2.75, 3.05) is 26.2 Å². The van der Waals surface area contributed by atoms with E-state index in [1.807, 2.05) is 13.0 Å². The van der Waals surface area contributed by atoms with Crippen molar-refractivity contribution >= 4 is 5.91 Å². The summed E-state index contributed by atoms with van der Waals surface area (Å²) in [5.41, 5.74) is 2.62. The second-order valence-electron chi connectivity index (χ2n) is 6.18. The molecule has 1 amide bonds. The van der Waals surface area contributed by atoms with Gasteiger partial charge in [-0.15, -0.1) is 0 Å². The summed E-state index contributed by atoms with van der Waals surface area (Å²) in [6, 6.07) is 10.5. The van der Waals surface area contributed by atoms with Crippen molar-refractivity contribution in [1.82, 2.24) is 10.2 Å². The van der Waals surface area contributed by atoms with Crippen LogP contribution in [0.4, 0.5) is 0 Å². The summed E-state index contributed by atoms with van der Waals surface area (Å²) in [6.45, 7) is 10.8. The van der Waals surface area contributed by atoms with Crippen LogP contribution in [-0.4, -0.2) is 37.0 Å². The Labute approximate surface area is 128 Å². The van der Waals surface area contributed by atoms with E-state index in [4.69, 9.17) is 0 Å². The first-order valence-corrected chi connectivity index (χ1v) is 7.75. The Kier molecular flexibility index (Phi) is 5.18. The molecular formula is C18H26N2O. The van der Waals surface area contributed by atoms with Crippen molar-refractivity contribution in [2.45, 2.75) is 32.1 Å². The van der Waals surface area contributed by atoms with Crippen LogP contribution in [0.25, 0.3) is 0 Å². The molecule has 1 saturated carbocycles. The minimum absolute atomic E-state index is 0.111. The van der Waals surface area contributed by atoms with Crippen LogP contribution in [0.1, 0.15) is 32.3 Å². The lowest BCUT2D eigenvalue weighted by Gasteiger charge is -2.21. The van der Waals surface area contributed by atoms with Crippen molar-refractivity contribution in [2.24, 2.45) is 0 Å². The number of likely N-dealkylation sites (N-methyl/N-ethyl adjacent to an activating group) is 1. The molecular weight excluding hydrogens is 260 g/mol. The zero-order valence-electron chi connectivity index (χ0n) is 13.2. The third kappa shape index (κ3) is 4.43. The van der Waals surface area contributed by atoms with Crippen LogP contribution in [0.2, 0.25) is 0 Å². The Hall–Kier alpha value is -1.61. The molecule has 0 bridgehead atoms. The third-order valence-corrected chi connectivity index (χ3v) is 4.17. The predicted octanol–water partition coefficient (Wildman–Crippen LogP) is 2.73. The molecule has 0 unspecified atom stereocenters. The van der Waals surface area contributed by atoms with E-state index in [9.17, 15) is 4.79 Å². The van der Waals surface area contributed by atoms with Crippen LogP contribution in [0.3, 0.4) is 0 Å². The van der Waals surface area contributed by atoms with E-state index in [-0.39, 0.29) is 11.3 Å².